The highest BCUT2D eigenvalue weighted by atomic mass is 79.9. The Morgan fingerprint density at radius 1 is 1.13 bits per heavy atom. The summed E-state index contributed by atoms with van der Waals surface area (Å²) in [5.41, 5.74) is 0.874. The Balaban J connectivity index is 2.15. The van der Waals surface area contributed by atoms with Crippen LogP contribution in [0.4, 0.5) is 0 Å². The quantitative estimate of drug-likeness (QED) is 0.503. The molecule has 2 aromatic rings. The van der Waals surface area contributed by atoms with Crippen LogP contribution >= 0.6 is 27.5 Å². The molecule has 0 saturated heterocycles. The number of benzene rings is 2. The number of nitrogens with one attached hydrogen (secondary N) is 1. The Labute approximate surface area is 197 Å². The minimum Gasteiger partial charge on any atom is -0.497 e. The molecule has 2 aromatic carbocycles. The van der Waals surface area contributed by atoms with Gasteiger partial charge in [0.15, 0.2) is 6.61 Å². The zero-order valence-corrected chi connectivity index (χ0v) is 20.5. The van der Waals surface area contributed by atoms with Crippen molar-refractivity contribution < 1.29 is 19.1 Å². The predicted molar refractivity (Wildman–Crippen MR) is 126 cm³/mol. The molecule has 2 amide bonds. The second-order valence-electron chi connectivity index (χ2n) is 7.55. The van der Waals surface area contributed by atoms with Crippen LogP contribution in [0.2, 0.25) is 5.02 Å². The molecule has 1 N–H and O–H groups in total. The first-order valence-electron chi connectivity index (χ1n) is 9.99. The standard InChI is InChI=1S/C23H28BrClN2O4/c1-15(2)12-26-23(29)16(3)27(13-17-5-8-19(30-4)9-6-17)22(28)14-31-21-10-7-18(24)11-20(21)25/h5-11,15-16H,12-14H2,1-4H3,(H,26,29)/t16-/m1/s1. The van der Waals surface area contributed by atoms with Crippen LogP contribution in [-0.4, -0.2) is 43.0 Å². The lowest BCUT2D eigenvalue weighted by molar-refractivity contribution is -0.142. The third-order valence-electron chi connectivity index (χ3n) is 4.61. The Morgan fingerprint density at radius 2 is 1.81 bits per heavy atom. The molecule has 0 bridgehead atoms. The van der Waals surface area contributed by atoms with Crippen molar-refractivity contribution in [2.45, 2.75) is 33.4 Å². The first kappa shape index (κ1) is 25.0. The number of methoxy groups -OCH3 is 1. The normalized spacial score (nSPS) is 11.7. The van der Waals surface area contributed by atoms with Crippen LogP contribution in [0.15, 0.2) is 46.9 Å². The van der Waals surface area contributed by atoms with Gasteiger partial charge in [0.2, 0.25) is 5.91 Å². The molecular weight excluding hydrogens is 484 g/mol. The Kier molecular flexibility index (Phi) is 9.65. The number of halogens is 2. The molecule has 31 heavy (non-hydrogen) atoms. The Hall–Kier alpha value is -2.25. The van der Waals surface area contributed by atoms with Crippen LogP contribution in [0, 0.1) is 5.92 Å². The van der Waals surface area contributed by atoms with Gasteiger partial charge in [-0.15, -0.1) is 0 Å². The summed E-state index contributed by atoms with van der Waals surface area (Å²) in [4.78, 5) is 27.2. The molecule has 0 spiro atoms. The van der Waals surface area contributed by atoms with Crippen molar-refractivity contribution in [2.24, 2.45) is 5.92 Å². The number of ether oxygens (including phenoxy) is 2. The van der Waals surface area contributed by atoms with Crippen LogP contribution in [0.25, 0.3) is 0 Å². The summed E-state index contributed by atoms with van der Waals surface area (Å²) in [5, 5.41) is 3.29. The molecule has 0 aromatic heterocycles. The summed E-state index contributed by atoms with van der Waals surface area (Å²) in [6.07, 6.45) is 0. The van der Waals surface area contributed by atoms with Gasteiger partial charge in [-0.2, -0.15) is 0 Å². The van der Waals surface area contributed by atoms with Gasteiger partial charge in [0.25, 0.3) is 5.91 Å². The van der Waals surface area contributed by atoms with E-state index in [0.29, 0.717) is 23.2 Å². The summed E-state index contributed by atoms with van der Waals surface area (Å²) < 4.78 is 11.6. The SMILES string of the molecule is COc1ccc(CN(C(=O)COc2ccc(Br)cc2Cl)[C@H](C)C(=O)NCC(C)C)cc1. The summed E-state index contributed by atoms with van der Waals surface area (Å²) in [5.74, 6) is 0.904. The van der Waals surface area contributed by atoms with Crippen molar-refractivity contribution in [3.8, 4) is 11.5 Å². The Morgan fingerprint density at radius 3 is 2.39 bits per heavy atom. The summed E-state index contributed by atoms with van der Waals surface area (Å²) in [6, 6.07) is 11.9. The average Bonchev–Trinajstić information content (AvgIpc) is 2.74. The number of amides is 2. The van der Waals surface area contributed by atoms with Gasteiger partial charge in [-0.3, -0.25) is 9.59 Å². The summed E-state index contributed by atoms with van der Waals surface area (Å²) in [7, 11) is 1.59. The lowest BCUT2D eigenvalue weighted by atomic mass is 10.1. The smallest absolute Gasteiger partial charge is 0.261 e. The van der Waals surface area contributed by atoms with Crippen LogP contribution < -0.4 is 14.8 Å². The predicted octanol–water partition coefficient (Wildman–Crippen LogP) is 4.68. The molecule has 1 atom stereocenters. The molecule has 168 valence electrons. The maximum absolute atomic E-state index is 13.1. The van der Waals surface area contributed by atoms with Crippen molar-refractivity contribution in [1.29, 1.82) is 0 Å². The second kappa shape index (κ2) is 12.0. The number of hydrogen-bond donors (Lipinski definition) is 1. The lowest BCUT2D eigenvalue weighted by Gasteiger charge is -2.29. The molecule has 0 fully saturated rings. The van der Waals surface area contributed by atoms with E-state index >= 15 is 0 Å². The largest absolute Gasteiger partial charge is 0.497 e. The van der Waals surface area contributed by atoms with Crippen LogP contribution in [0.5, 0.6) is 11.5 Å². The van der Waals surface area contributed by atoms with E-state index in [9.17, 15) is 9.59 Å². The third-order valence-corrected chi connectivity index (χ3v) is 5.40. The van der Waals surface area contributed by atoms with E-state index in [0.717, 1.165) is 15.8 Å². The van der Waals surface area contributed by atoms with Gasteiger partial charge in [-0.1, -0.05) is 53.5 Å². The van der Waals surface area contributed by atoms with Gasteiger partial charge in [-0.05, 0) is 48.7 Å². The first-order chi connectivity index (χ1) is 14.7. The van der Waals surface area contributed by atoms with Crippen LogP contribution in [0.1, 0.15) is 26.3 Å². The number of carbonyl (C=O) groups excluding carboxylic acids is 2. The van der Waals surface area contributed by atoms with Gasteiger partial charge in [0.1, 0.15) is 17.5 Å². The van der Waals surface area contributed by atoms with E-state index in [-0.39, 0.29) is 25.0 Å². The number of carbonyl (C=O) groups is 2. The zero-order valence-electron chi connectivity index (χ0n) is 18.2. The zero-order chi connectivity index (χ0) is 23.0. The van der Waals surface area contributed by atoms with Crippen LogP contribution in [0.3, 0.4) is 0 Å². The molecule has 0 heterocycles. The minimum absolute atomic E-state index is 0.211. The second-order valence-corrected chi connectivity index (χ2v) is 8.87. The molecule has 0 aliphatic rings. The monoisotopic (exact) mass is 510 g/mol. The third kappa shape index (κ3) is 7.74. The van der Waals surface area contributed by atoms with Crippen molar-refractivity contribution in [1.82, 2.24) is 10.2 Å². The van der Waals surface area contributed by atoms with Gasteiger partial charge in [-0.25, -0.2) is 0 Å². The van der Waals surface area contributed by atoms with Crippen molar-refractivity contribution in [3.05, 3.63) is 57.5 Å². The number of hydrogen-bond acceptors (Lipinski definition) is 4. The van der Waals surface area contributed by atoms with Gasteiger partial charge in [0, 0.05) is 17.6 Å². The van der Waals surface area contributed by atoms with Crippen LogP contribution in [-0.2, 0) is 16.1 Å². The van der Waals surface area contributed by atoms with E-state index in [1.807, 2.05) is 38.1 Å². The molecule has 0 saturated carbocycles. The summed E-state index contributed by atoms with van der Waals surface area (Å²) >= 11 is 9.52. The van der Waals surface area contributed by atoms with Gasteiger partial charge in [0.05, 0.1) is 12.1 Å². The Bertz CT molecular complexity index is 890. The molecule has 0 aliphatic carbocycles. The number of nitrogens with zero attached hydrogens (tertiary/aromatic N) is 1. The molecular formula is C23H28BrClN2O4. The topological polar surface area (TPSA) is 67.9 Å². The van der Waals surface area contributed by atoms with E-state index in [2.05, 4.69) is 21.2 Å². The van der Waals surface area contributed by atoms with Gasteiger partial charge < -0.3 is 19.7 Å². The minimum atomic E-state index is -0.669. The van der Waals surface area contributed by atoms with E-state index in [4.69, 9.17) is 21.1 Å². The van der Waals surface area contributed by atoms with Crippen molar-refractivity contribution in [2.75, 3.05) is 20.3 Å². The highest BCUT2D eigenvalue weighted by Gasteiger charge is 2.26. The highest BCUT2D eigenvalue weighted by molar-refractivity contribution is 9.10. The molecule has 0 aliphatic heterocycles. The molecule has 6 nitrogen and oxygen atoms in total. The summed E-state index contributed by atoms with van der Waals surface area (Å²) in [6.45, 7) is 6.31. The fraction of sp³-hybridized carbons (Fsp3) is 0.391. The molecule has 0 radical (unpaired) electrons. The fourth-order valence-electron chi connectivity index (χ4n) is 2.78. The fourth-order valence-corrected chi connectivity index (χ4v) is 3.51. The first-order valence-corrected chi connectivity index (χ1v) is 11.2. The molecule has 8 heteroatoms. The van der Waals surface area contributed by atoms with Crippen molar-refractivity contribution >= 4 is 39.3 Å². The van der Waals surface area contributed by atoms with E-state index < -0.39 is 6.04 Å². The van der Waals surface area contributed by atoms with Gasteiger partial charge >= 0.3 is 0 Å². The average molecular weight is 512 g/mol. The molecule has 0 unspecified atom stereocenters. The number of rotatable bonds is 10. The maximum atomic E-state index is 13.1. The molecule has 2 rings (SSSR count). The lowest BCUT2D eigenvalue weighted by Crippen LogP contribution is -2.49. The highest BCUT2D eigenvalue weighted by Crippen LogP contribution is 2.27. The van der Waals surface area contributed by atoms with E-state index in [1.54, 1.807) is 32.2 Å². The maximum Gasteiger partial charge on any atom is 0.261 e. The van der Waals surface area contributed by atoms with Crippen molar-refractivity contribution in [3.63, 3.8) is 0 Å². The van der Waals surface area contributed by atoms with E-state index in [1.165, 1.54) is 4.90 Å².